The third-order valence-corrected chi connectivity index (χ3v) is 23.8. The van der Waals surface area contributed by atoms with Gasteiger partial charge in [0.2, 0.25) is 5.91 Å². The van der Waals surface area contributed by atoms with Gasteiger partial charge in [-0.05, 0) is 114 Å². The number of unbranched alkanes of at least 4 members (excludes halogenated alkanes) is 3. The zero-order valence-electron chi connectivity index (χ0n) is 69.7. The summed E-state index contributed by atoms with van der Waals surface area (Å²) >= 11 is 0. The van der Waals surface area contributed by atoms with Gasteiger partial charge in [0.25, 0.3) is 17.0 Å². The number of aryl methyl sites for hydroxylation is 1. The number of carbonyl (C=O) groups excluding carboxylic acids is 3. The van der Waals surface area contributed by atoms with E-state index in [0.29, 0.717) is 60.0 Å². The van der Waals surface area contributed by atoms with E-state index in [-0.39, 0.29) is 170 Å². The minimum atomic E-state index is -5.11. The Bertz CT molecular complexity index is 5330. The number of carboxylic acid groups (broad SMARTS) is 1. The Kier molecular flexibility index (Phi) is 39.4. The van der Waals surface area contributed by atoms with Crippen LogP contribution >= 0.6 is 31.3 Å². The number of aromatic nitrogens is 6. The number of allylic oxidation sites excluding steroid dienone is 5. The summed E-state index contributed by atoms with van der Waals surface area (Å²) in [6, 6.07) is 10.3. The number of hydrogen-bond acceptors (Lipinski definition) is 36. The van der Waals surface area contributed by atoms with Crippen molar-refractivity contribution in [1.29, 1.82) is 0 Å². The Morgan fingerprint density at radius 1 is 0.574 bits per heavy atom. The van der Waals surface area contributed by atoms with Gasteiger partial charge >= 0.3 is 54.3 Å². The van der Waals surface area contributed by atoms with Crippen LogP contribution in [0.3, 0.4) is 0 Å². The molecule has 10 rings (SSSR count). The summed E-state index contributed by atoms with van der Waals surface area (Å²) in [7, 11) is -19.4. The summed E-state index contributed by atoms with van der Waals surface area (Å²) in [6.07, 6.45) is 1.18. The van der Waals surface area contributed by atoms with E-state index in [0.717, 1.165) is 32.1 Å². The van der Waals surface area contributed by atoms with Gasteiger partial charge in [-0.25, -0.2) is 37.4 Å². The Morgan fingerprint density at radius 3 is 1.62 bits per heavy atom. The molecule has 48 nitrogen and oxygen atoms in total. The summed E-state index contributed by atoms with van der Waals surface area (Å²) in [6.45, 7) is -2.10. The highest BCUT2D eigenvalue weighted by molar-refractivity contribution is 7.48. The van der Waals surface area contributed by atoms with Crippen LogP contribution in [0.25, 0.3) is 11.6 Å². The van der Waals surface area contributed by atoms with Crippen molar-refractivity contribution >= 4 is 72.3 Å². The Hall–Kier alpha value is -8.72. The van der Waals surface area contributed by atoms with Crippen LogP contribution in [0.2, 0.25) is 0 Å². The predicted octanol–water partition coefficient (Wildman–Crippen LogP) is 1.78. The number of fused-ring (bicyclic) bond motifs is 2. The summed E-state index contributed by atoms with van der Waals surface area (Å²) < 4.78 is 151. The number of carbonyl (C=O) groups is 4. The van der Waals surface area contributed by atoms with Gasteiger partial charge in [0.1, 0.15) is 60.8 Å². The number of ketones is 1. The van der Waals surface area contributed by atoms with Crippen molar-refractivity contribution in [2.45, 2.75) is 114 Å². The number of phenols is 1. The van der Waals surface area contributed by atoms with Crippen LogP contribution in [0.15, 0.2) is 120 Å². The number of aliphatic hydroxyl groups is 2. The van der Waals surface area contributed by atoms with E-state index in [2.05, 4.69) is 25.6 Å². The van der Waals surface area contributed by atoms with Crippen LogP contribution in [0.5, 0.6) is 5.75 Å². The van der Waals surface area contributed by atoms with Gasteiger partial charge in [-0.15, -0.1) is 0 Å². The molecule has 5 aromatic rings. The molecular formula is C77H103N9O39P4. The number of carboxylic acids is 1. The monoisotopic (exact) mass is 1900 g/mol. The van der Waals surface area contributed by atoms with Crippen molar-refractivity contribution in [1.82, 2.24) is 39.3 Å². The number of aromatic hydroxyl groups is 1. The number of amides is 2. The summed E-state index contributed by atoms with van der Waals surface area (Å²) in [5, 5.41) is 46.3. The standard InChI is InChI=1S/C77H103N9O39P4/c1-48-43-85(76(98)82-71(48)92)68-41-60(62(45-87)121-68)124-128(104,105)117-34-30-113-25-23-110-21-19-108-18-20-109-22-24-111-29-33-116-127(102,103)120-47-64-61(125-129(106,107)118-35-31-114-27-26-112-28-32-115-126(100,101)119-46-63-59(90)40-67(122-63)84-17-14-65(78)81-75(84)97)42-69(123-64)86-44-50(73(94)83-77(86)99)7-13-66(91)79-15-4-2-3-5-16-80-72(93)49-6-10-57(74(95)96)58(39-49)70-55-11-8-53(88)37-51(55)36-52-38-54(89)9-12-56(52)70/h6-14,17,37-39,43-44,59-64,67-69,87-88,90H,2-5,15-16,18-36,40-42,45-47H2,1H3,(H,79,91)(H,80,93)(H,95,96)(H,100,101)(H,102,103)(H,104,105)(H,106,107)(H2,78,81,97)(H,82,92,98)(H,83,94,99)/b13-7+/t59?,60?,61?,62-,63-,64-,67-,68-,69-/m1/s1. The van der Waals surface area contributed by atoms with Crippen LogP contribution in [0, 0.1) is 6.92 Å². The average Bonchev–Trinajstić information content (AvgIpc) is 1.73. The lowest BCUT2D eigenvalue weighted by Crippen LogP contribution is -2.33. The molecular weight excluding hydrogens is 1800 g/mol. The maximum atomic E-state index is 13.5. The number of nitrogens with two attached hydrogens (primary N) is 1. The molecule has 129 heavy (non-hydrogen) atoms. The minimum absolute atomic E-state index is 0.00957. The number of aromatic carboxylic acids is 1. The molecule has 0 bridgehead atoms. The van der Waals surface area contributed by atoms with Crippen LogP contribution in [-0.2, 0) is 118 Å². The summed E-state index contributed by atoms with van der Waals surface area (Å²) in [5.74, 6) is -2.61. The highest BCUT2D eigenvalue weighted by Crippen LogP contribution is 2.52. The molecule has 6 heterocycles. The van der Waals surface area contributed by atoms with E-state index in [4.69, 9.17) is 89.3 Å². The number of benzene rings is 2. The van der Waals surface area contributed by atoms with Gasteiger partial charge < -0.3 is 104 Å². The molecule has 3 aromatic heterocycles. The molecule has 0 spiro atoms. The molecule has 14 N–H and O–H groups in total. The fourth-order valence-electron chi connectivity index (χ4n) is 13.5. The van der Waals surface area contributed by atoms with Crippen molar-refractivity contribution in [3.8, 4) is 5.75 Å². The second-order valence-corrected chi connectivity index (χ2v) is 34.8. The van der Waals surface area contributed by atoms with E-state index >= 15 is 0 Å². The van der Waals surface area contributed by atoms with Crippen LogP contribution in [-0.4, -0.2) is 281 Å². The van der Waals surface area contributed by atoms with Gasteiger partial charge in [-0.1, -0.05) is 25.0 Å². The number of ether oxygens (including phenoxy) is 10. The SMILES string of the molecule is Cc1cn([C@H]2CC(OP(=O)(O)OCCOCCOCCOCCOCCOCCOP(=O)(O)OC[C@H]3O[C@@H](n4cc(/C=C/C(=O)NCCCCCCNC(=O)c5ccc(C(=O)O)c(C6=C7C=CC(=O)C=C7Cc7cc(O)ccc76)c5)c(=O)[nH]c4=O)CC3OP(=O)(O)OCCOCCOCCOP(=O)(O)OC[C@H]3O[C@@H](n4ccc(N)nc4=O)CC3O)[C@@H](CO)O2)c(=O)[nH]c1=O. The first-order valence-corrected chi connectivity index (χ1v) is 46.6. The third kappa shape index (κ3) is 32.0. The summed E-state index contributed by atoms with van der Waals surface area (Å²) in [4.78, 5) is 164. The maximum Gasteiger partial charge on any atom is 0.472 e. The molecule has 0 saturated carbocycles. The van der Waals surface area contributed by atoms with Crippen molar-refractivity contribution in [2.75, 3.05) is 158 Å². The molecule has 3 saturated heterocycles. The fourth-order valence-corrected chi connectivity index (χ4v) is 16.8. The number of hydrogen-bond donors (Lipinski definition) is 13. The van der Waals surface area contributed by atoms with E-state index in [1.807, 2.05) is 0 Å². The van der Waals surface area contributed by atoms with Crippen molar-refractivity contribution in [2.24, 2.45) is 0 Å². The number of phosphoric ester groups is 4. The molecule has 710 valence electrons. The smallest absolute Gasteiger partial charge is 0.472 e. The van der Waals surface area contributed by atoms with Gasteiger partial charge in [-0.3, -0.25) is 83.8 Å². The van der Waals surface area contributed by atoms with E-state index in [1.54, 1.807) is 18.2 Å². The normalized spacial score (nSPS) is 21.6. The highest BCUT2D eigenvalue weighted by Gasteiger charge is 2.45. The topological polar surface area (TPSA) is 659 Å². The van der Waals surface area contributed by atoms with Gasteiger partial charge in [0.15, 0.2) is 5.78 Å². The number of phosphoric acid groups is 4. The highest BCUT2D eigenvalue weighted by atomic mass is 31.2. The second-order valence-electron chi connectivity index (χ2n) is 29.1. The molecule has 2 aromatic carbocycles. The van der Waals surface area contributed by atoms with Gasteiger partial charge in [0.05, 0.1) is 156 Å². The lowest BCUT2D eigenvalue weighted by atomic mass is 9.76. The van der Waals surface area contributed by atoms with Crippen molar-refractivity contribution < 1.29 is 161 Å². The molecule has 3 fully saturated rings. The Labute approximate surface area is 734 Å². The number of rotatable bonds is 57. The predicted molar refractivity (Wildman–Crippen MR) is 446 cm³/mol. The molecule has 2 aliphatic carbocycles. The zero-order valence-corrected chi connectivity index (χ0v) is 73.2. The van der Waals surface area contributed by atoms with Crippen LogP contribution in [0.4, 0.5) is 5.82 Å². The lowest BCUT2D eigenvalue weighted by Gasteiger charge is -2.27. The fraction of sp³-hybridized carbons (Fsp3) is 0.532. The molecule has 13 atom stereocenters. The average molecular weight is 1900 g/mol. The molecule has 52 heteroatoms. The van der Waals surface area contributed by atoms with E-state index in [9.17, 15) is 101 Å². The van der Waals surface area contributed by atoms with Gasteiger partial charge in [0, 0.05) is 68.1 Å². The largest absolute Gasteiger partial charge is 0.508 e. The minimum Gasteiger partial charge on any atom is -0.508 e. The van der Waals surface area contributed by atoms with Crippen molar-refractivity contribution in [3.05, 3.63) is 188 Å². The molecule has 2 amide bonds. The first-order valence-electron chi connectivity index (χ1n) is 40.6. The Morgan fingerprint density at radius 2 is 1.07 bits per heavy atom. The number of aliphatic hydroxyl groups excluding tert-OH is 2. The first kappa shape index (κ1) is 102. The number of nitrogen functional groups attached to an aromatic ring is 1. The zero-order chi connectivity index (χ0) is 92.8. The molecule has 3 aliphatic heterocycles. The quantitative estimate of drug-likeness (QED) is 0.0150. The van der Waals surface area contributed by atoms with Crippen molar-refractivity contribution in [3.63, 3.8) is 0 Å². The molecule has 7 unspecified atom stereocenters. The third-order valence-electron chi connectivity index (χ3n) is 19.8. The van der Waals surface area contributed by atoms with E-state index < -0.39 is 179 Å². The Balaban J connectivity index is 0.617. The molecule has 5 aliphatic rings. The van der Waals surface area contributed by atoms with Crippen LogP contribution in [0.1, 0.15) is 112 Å². The molecule has 0 radical (unpaired) electrons. The maximum absolute atomic E-state index is 13.5. The van der Waals surface area contributed by atoms with Crippen LogP contribution < -0.4 is 44.6 Å². The number of phenolic OH excluding ortho intramolecular Hbond substituents is 1. The number of aromatic amines is 2. The van der Waals surface area contributed by atoms with E-state index in [1.165, 1.54) is 61.8 Å². The first-order chi connectivity index (χ1) is 61.6. The number of nitrogens with zero attached hydrogens (tertiary/aromatic N) is 4. The number of H-pyrrole nitrogens is 2. The lowest BCUT2D eigenvalue weighted by molar-refractivity contribution is -0.116. The van der Waals surface area contributed by atoms with Gasteiger partial charge in [-0.2, -0.15) is 4.98 Å². The number of anilines is 1. The number of nitrogens with one attached hydrogen (secondary N) is 4. The summed E-state index contributed by atoms with van der Waals surface area (Å²) in [5.41, 5.74) is 4.85. The second kappa shape index (κ2) is 49.7.